The highest BCUT2D eigenvalue weighted by Crippen LogP contribution is 2.49. The smallest absolute Gasteiger partial charge is 0.284 e. The van der Waals surface area contributed by atoms with Gasteiger partial charge in [-0.1, -0.05) is 18.2 Å². The van der Waals surface area contributed by atoms with Crippen molar-refractivity contribution in [2.45, 2.75) is 0 Å². The summed E-state index contributed by atoms with van der Waals surface area (Å²) in [5.74, 6) is 0.849. The number of para-hydroxylation sites is 1. The molecule has 0 heterocycles. The second-order valence-electron chi connectivity index (χ2n) is 5.18. The fraction of sp³-hybridized carbons (Fsp3) is 0.211. The average Bonchev–Trinajstić information content (AvgIpc) is 2.70. The van der Waals surface area contributed by atoms with Gasteiger partial charge in [0.25, 0.3) is 5.69 Å². The lowest BCUT2D eigenvalue weighted by Crippen LogP contribution is -2.04. The molecule has 0 spiro atoms. The Labute approximate surface area is 156 Å². The Kier molecular flexibility index (Phi) is 6.23. The van der Waals surface area contributed by atoms with Gasteiger partial charge in [-0.05, 0) is 6.07 Å². The first kappa shape index (κ1) is 19.6. The van der Waals surface area contributed by atoms with Crippen molar-refractivity contribution in [3.8, 4) is 29.1 Å². The second-order valence-corrected chi connectivity index (χ2v) is 5.18. The van der Waals surface area contributed by atoms with Crippen LogP contribution in [0.25, 0.3) is 5.57 Å². The van der Waals surface area contributed by atoms with E-state index in [2.05, 4.69) is 0 Å². The summed E-state index contributed by atoms with van der Waals surface area (Å²) in [6.45, 7) is 0. The van der Waals surface area contributed by atoms with Crippen molar-refractivity contribution in [2.75, 3.05) is 28.4 Å². The van der Waals surface area contributed by atoms with Gasteiger partial charge in [-0.25, -0.2) is 0 Å². The van der Waals surface area contributed by atoms with Crippen molar-refractivity contribution < 1.29 is 23.9 Å². The molecule has 0 bridgehead atoms. The highest BCUT2D eigenvalue weighted by molar-refractivity contribution is 5.92. The van der Waals surface area contributed by atoms with Gasteiger partial charge in [0.1, 0.15) is 11.3 Å². The Balaban J connectivity index is 2.98. The van der Waals surface area contributed by atoms with Gasteiger partial charge in [-0.2, -0.15) is 5.26 Å². The van der Waals surface area contributed by atoms with Crippen LogP contribution >= 0.6 is 0 Å². The summed E-state index contributed by atoms with van der Waals surface area (Å²) >= 11 is 0. The van der Waals surface area contributed by atoms with E-state index < -0.39 is 4.92 Å². The molecule has 27 heavy (non-hydrogen) atoms. The molecule has 0 radical (unpaired) electrons. The van der Waals surface area contributed by atoms with Gasteiger partial charge < -0.3 is 18.9 Å². The Morgan fingerprint density at radius 1 is 1.04 bits per heavy atom. The molecule has 0 saturated carbocycles. The maximum atomic E-state index is 11.8. The molecule has 0 fully saturated rings. The number of nitro groups is 1. The number of ether oxygens (including phenoxy) is 4. The van der Waals surface area contributed by atoms with E-state index in [1.165, 1.54) is 40.6 Å². The summed E-state index contributed by atoms with van der Waals surface area (Å²) < 4.78 is 21.3. The number of benzene rings is 2. The number of nitrogens with zero attached hydrogens (tertiary/aromatic N) is 2. The van der Waals surface area contributed by atoms with E-state index in [0.717, 1.165) is 0 Å². The minimum atomic E-state index is -0.569. The van der Waals surface area contributed by atoms with E-state index in [1.54, 1.807) is 24.3 Å². The Morgan fingerprint density at radius 3 is 2.19 bits per heavy atom. The van der Waals surface area contributed by atoms with Gasteiger partial charge in [0, 0.05) is 17.2 Å². The molecule has 0 atom stereocenters. The Hall–Kier alpha value is -3.73. The molecule has 0 aromatic heterocycles. The molecule has 8 nitrogen and oxygen atoms in total. The molecule has 0 amide bonds. The third kappa shape index (κ3) is 3.62. The van der Waals surface area contributed by atoms with E-state index in [9.17, 15) is 15.4 Å². The normalized spacial score (nSPS) is 10.7. The quantitative estimate of drug-likeness (QED) is 0.417. The van der Waals surface area contributed by atoms with Crippen LogP contribution in [0.15, 0.2) is 36.4 Å². The Morgan fingerprint density at radius 2 is 1.67 bits per heavy atom. The van der Waals surface area contributed by atoms with Crippen LogP contribution in [0.2, 0.25) is 0 Å². The zero-order valence-electron chi connectivity index (χ0n) is 15.3. The zero-order valence-corrected chi connectivity index (χ0v) is 15.3. The number of nitriles is 1. The van der Waals surface area contributed by atoms with E-state index in [-0.39, 0.29) is 34.1 Å². The molecule has 0 N–H and O–H groups in total. The molecule has 2 aromatic rings. The summed E-state index contributed by atoms with van der Waals surface area (Å²) in [6.07, 6.45) is 1.20. The summed E-state index contributed by atoms with van der Waals surface area (Å²) in [6, 6.07) is 10.1. The first-order valence-electron chi connectivity index (χ1n) is 7.74. The van der Waals surface area contributed by atoms with Gasteiger partial charge in [0.15, 0.2) is 11.5 Å². The predicted molar refractivity (Wildman–Crippen MR) is 98.4 cm³/mol. The zero-order chi connectivity index (χ0) is 20.0. The van der Waals surface area contributed by atoms with Gasteiger partial charge >= 0.3 is 0 Å². The highest BCUT2D eigenvalue weighted by atomic mass is 16.6. The van der Waals surface area contributed by atoms with Crippen molar-refractivity contribution in [1.82, 2.24) is 0 Å². The number of allylic oxidation sites excluding steroid dienone is 1. The monoisotopic (exact) mass is 370 g/mol. The largest absolute Gasteiger partial charge is 0.496 e. The molecule has 0 unspecified atom stereocenters. The standard InChI is InChI=1S/C19H18N2O6/c1-24-15-8-6-5-7-12(15)13(9-10-20)17-14(21(22)23)11-16(25-2)18(26-3)19(17)27-4/h5-9,11H,1-4H3. The first-order chi connectivity index (χ1) is 13.0. The molecule has 8 heteroatoms. The van der Waals surface area contributed by atoms with Gasteiger partial charge in [0.2, 0.25) is 5.75 Å². The maximum Gasteiger partial charge on any atom is 0.284 e. The van der Waals surface area contributed by atoms with Crippen LogP contribution in [0.4, 0.5) is 5.69 Å². The molecule has 2 aromatic carbocycles. The van der Waals surface area contributed by atoms with Crippen molar-refractivity contribution in [3.05, 3.63) is 57.6 Å². The van der Waals surface area contributed by atoms with E-state index in [4.69, 9.17) is 18.9 Å². The van der Waals surface area contributed by atoms with Crippen LogP contribution in [0.1, 0.15) is 11.1 Å². The highest BCUT2D eigenvalue weighted by Gasteiger charge is 2.31. The van der Waals surface area contributed by atoms with Crippen LogP contribution in [-0.2, 0) is 0 Å². The molecule has 0 saturated heterocycles. The van der Waals surface area contributed by atoms with Gasteiger partial charge in [0.05, 0.1) is 45.5 Å². The minimum absolute atomic E-state index is 0.0796. The van der Waals surface area contributed by atoms with Crippen molar-refractivity contribution >= 4 is 11.3 Å². The van der Waals surface area contributed by atoms with E-state index >= 15 is 0 Å². The van der Waals surface area contributed by atoms with Crippen LogP contribution in [0.3, 0.4) is 0 Å². The topological polar surface area (TPSA) is 104 Å². The average molecular weight is 370 g/mol. The second kappa shape index (κ2) is 8.58. The number of nitro benzene ring substituents is 1. The molecule has 140 valence electrons. The first-order valence-corrected chi connectivity index (χ1v) is 7.74. The Bertz CT molecular complexity index is 931. The summed E-state index contributed by atoms with van der Waals surface area (Å²) in [5.41, 5.74) is 0.553. The lowest BCUT2D eigenvalue weighted by Gasteiger charge is -2.18. The molecular weight excluding hydrogens is 352 g/mol. The van der Waals surface area contributed by atoms with Crippen LogP contribution < -0.4 is 18.9 Å². The summed E-state index contributed by atoms with van der Waals surface area (Å²) in [4.78, 5) is 11.2. The third-order valence-electron chi connectivity index (χ3n) is 3.88. The summed E-state index contributed by atoms with van der Waals surface area (Å²) in [5, 5.41) is 21.1. The fourth-order valence-electron chi connectivity index (χ4n) is 2.76. The van der Waals surface area contributed by atoms with Crippen molar-refractivity contribution in [2.24, 2.45) is 0 Å². The maximum absolute atomic E-state index is 11.8. The predicted octanol–water partition coefficient (Wildman–Crippen LogP) is 3.58. The SMILES string of the molecule is COc1ccccc1C(=CC#N)c1c([N+](=O)[O-])cc(OC)c(OC)c1OC. The van der Waals surface area contributed by atoms with Crippen LogP contribution in [-0.4, -0.2) is 33.4 Å². The third-order valence-corrected chi connectivity index (χ3v) is 3.88. The van der Waals surface area contributed by atoms with Gasteiger partial charge in [-0.15, -0.1) is 0 Å². The number of hydrogen-bond acceptors (Lipinski definition) is 7. The lowest BCUT2D eigenvalue weighted by molar-refractivity contribution is -0.385. The molecule has 0 aliphatic carbocycles. The fourth-order valence-corrected chi connectivity index (χ4v) is 2.76. The van der Waals surface area contributed by atoms with Crippen LogP contribution in [0.5, 0.6) is 23.0 Å². The van der Waals surface area contributed by atoms with Crippen molar-refractivity contribution in [3.63, 3.8) is 0 Å². The summed E-state index contributed by atoms with van der Waals surface area (Å²) in [7, 11) is 5.60. The number of rotatable bonds is 7. The molecule has 2 rings (SSSR count). The molecule has 0 aliphatic rings. The number of methoxy groups -OCH3 is 4. The number of hydrogen-bond donors (Lipinski definition) is 0. The minimum Gasteiger partial charge on any atom is -0.496 e. The molecule has 0 aliphatic heterocycles. The van der Waals surface area contributed by atoms with Gasteiger partial charge in [-0.3, -0.25) is 10.1 Å². The van der Waals surface area contributed by atoms with Crippen molar-refractivity contribution in [1.29, 1.82) is 5.26 Å². The lowest BCUT2D eigenvalue weighted by atomic mass is 9.94. The molecular formula is C19H18N2O6. The van der Waals surface area contributed by atoms with E-state index in [1.807, 2.05) is 6.07 Å². The van der Waals surface area contributed by atoms with Crippen LogP contribution in [0, 0.1) is 21.4 Å². The van der Waals surface area contributed by atoms with E-state index in [0.29, 0.717) is 11.3 Å².